The Labute approximate surface area is 125 Å². The van der Waals surface area contributed by atoms with Gasteiger partial charge in [-0.2, -0.15) is 8.42 Å². The zero-order chi connectivity index (χ0) is 15.9. The quantitative estimate of drug-likeness (QED) is 0.415. The minimum atomic E-state index is -4.78. The molecule has 0 fully saturated rings. The molecule has 0 bridgehead atoms. The zero-order valence-electron chi connectivity index (χ0n) is 12.2. The summed E-state index contributed by atoms with van der Waals surface area (Å²) in [7, 11) is -4.78. The first-order valence-corrected chi connectivity index (χ1v) is 8.64. The predicted octanol–water partition coefficient (Wildman–Crippen LogP) is 2.59. The van der Waals surface area contributed by atoms with Crippen molar-refractivity contribution in [3.8, 4) is 0 Å². The molecule has 5 nitrogen and oxygen atoms in total. The molecule has 0 aliphatic rings. The second-order valence-corrected chi connectivity index (χ2v) is 6.57. The van der Waals surface area contributed by atoms with Crippen LogP contribution in [0.25, 0.3) is 0 Å². The van der Waals surface area contributed by atoms with Crippen molar-refractivity contribution < 1.29 is 22.9 Å². The van der Waals surface area contributed by atoms with Crippen LogP contribution in [0.15, 0.2) is 24.3 Å². The summed E-state index contributed by atoms with van der Waals surface area (Å²) < 4.78 is 30.1. The Balaban J connectivity index is 2.56. The van der Waals surface area contributed by atoms with Crippen LogP contribution >= 0.6 is 0 Å². The summed E-state index contributed by atoms with van der Waals surface area (Å²) in [5.41, 5.74) is -1.29. The van der Waals surface area contributed by atoms with Crippen molar-refractivity contribution in [1.29, 1.82) is 0 Å². The summed E-state index contributed by atoms with van der Waals surface area (Å²) in [5.74, 6) is -1.02. The fourth-order valence-electron chi connectivity index (χ4n) is 2.05. The number of carbonyl (C=O) groups is 1. The van der Waals surface area contributed by atoms with Gasteiger partial charge >= 0.3 is 0 Å². The fourth-order valence-corrected chi connectivity index (χ4v) is 2.45. The van der Waals surface area contributed by atoms with E-state index in [1.54, 1.807) is 12.1 Å². The number of aliphatic hydroxyl groups excluding tert-OH is 1. The maximum atomic E-state index is 11.6. The van der Waals surface area contributed by atoms with E-state index in [0.29, 0.717) is 0 Å². The third-order valence-corrected chi connectivity index (χ3v) is 4.09. The highest BCUT2D eigenvalue weighted by Gasteiger charge is 2.28. The molecule has 1 atom stereocenters. The van der Waals surface area contributed by atoms with Crippen molar-refractivity contribution in [1.82, 2.24) is 0 Å². The number of unbranched alkanes of at least 4 members (excludes halogenated alkanes) is 4. The molecule has 118 valence electrons. The van der Waals surface area contributed by atoms with E-state index in [-0.39, 0.29) is 5.56 Å². The number of ketones is 1. The van der Waals surface area contributed by atoms with E-state index in [4.69, 9.17) is 4.55 Å². The van der Waals surface area contributed by atoms with Crippen molar-refractivity contribution >= 4 is 15.9 Å². The number of benzene rings is 1. The molecule has 0 aliphatic heterocycles. The summed E-state index contributed by atoms with van der Waals surface area (Å²) >= 11 is 0. The summed E-state index contributed by atoms with van der Waals surface area (Å²) in [6.07, 6.45) is 6.79. The van der Waals surface area contributed by atoms with Gasteiger partial charge in [-0.1, -0.05) is 56.9 Å². The third-order valence-electron chi connectivity index (χ3n) is 3.31. The van der Waals surface area contributed by atoms with Crippen LogP contribution in [0.2, 0.25) is 0 Å². The van der Waals surface area contributed by atoms with Crippen LogP contribution in [-0.2, 0) is 16.5 Å². The number of hydrogen-bond acceptors (Lipinski definition) is 4. The maximum Gasteiger partial charge on any atom is 0.299 e. The SMILES string of the molecule is CCCCCCCc1ccc(C(=O)C(O)S(=O)(=O)O)cc1. The van der Waals surface area contributed by atoms with E-state index in [1.807, 2.05) is 0 Å². The van der Waals surface area contributed by atoms with E-state index >= 15 is 0 Å². The normalized spacial score (nSPS) is 13.1. The van der Waals surface area contributed by atoms with Gasteiger partial charge in [-0.3, -0.25) is 9.35 Å². The highest BCUT2D eigenvalue weighted by Crippen LogP contribution is 2.13. The van der Waals surface area contributed by atoms with Crippen molar-refractivity contribution in [2.75, 3.05) is 0 Å². The van der Waals surface area contributed by atoms with Crippen LogP contribution in [0.4, 0.5) is 0 Å². The van der Waals surface area contributed by atoms with Gasteiger partial charge in [0.05, 0.1) is 0 Å². The van der Waals surface area contributed by atoms with Crippen molar-refractivity contribution in [2.45, 2.75) is 50.9 Å². The Hall–Kier alpha value is -1.24. The molecule has 0 amide bonds. The van der Waals surface area contributed by atoms with E-state index in [2.05, 4.69) is 6.92 Å². The summed E-state index contributed by atoms with van der Waals surface area (Å²) in [4.78, 5) is 11.6. The topological polar surface area (TPSA) is 91.7 Å². The Morgan fingerprint density at radius 1 is 1.10 bits per heavy atom. The van der Waals surface area contributed by atoms with Gasteiger partial charge in [0.15, 0.2) is 0 Å². The Kier molecular flexibility index (Phi) is 7.01. The standard InChI is InChI=1S/C15H22O5S/c1-2-3-4-5-6-7-12-8-10-13(11-9-12)14(16)15(17)21(18,19)20/h8-11,15,17H,2-7H2,1H3,(H,18,19,20). The number of Topliss-reactive ketones (excluding diaryl/α,β-unsaturated/α-hetero) is 1. The minimum Gasteiger partial charge on any atom is -0.369 e. The number of aliphatic hydroxyl groups is 1. The zero-order valence-corrected chi connectivity index (χ0v) is 13.0. The van der Waals surface area contributed by atoms with Crippen molar-refractivity contribution in [2.24, 2.45) is 0 Å². The molecule has 0 heterocycles. The lowest BCUT2D eigenvalue weighted by molar-refractivity contribution is 0.0848. The molecule has 21 heavy (non-hydrogen) atoms. The number of aryl methyl sites for hydroxylation is 1. The molecule has 1 aromatic rings. The van der Waals surface area contributed by atoms with Gasteiger partial charge in [0.2, 0.25) is 11.2 Å². The van der Waals surface area contributed by atoms with Gasteiger partial charge < -0.3 is 5.11 Å². The first-order valence-electron chi connectivity index (χ1n) is 7.13. The largest absolute Gasteiger partial charge is 0.369 e. The highest BCUT2D eigenvalue weighted by atomic mass is 32.2. The summed E-state index contributed by atoms with van der Waals surface area (Å²) in [5, 5.41) is 9.21. The first-order chi connectivity index (χ1) is 9.86. The second kappa shape index (κ2) is 8.26. The first kappa shape index (κ1) is 17.8. The van der Waals surface area contributed by atoms with E-state index in [0.717, 1.165) is 24.8 Å². The van der Waals surface area contributed by atoms with Crippen LogP contribution < -0.4 is 0 Å². The molecule has 0 spiro atoms. The molecule has 0 saturated carbocycles. The average molecular weight is 314 g/mol. The van der Waals surface area contributed by atoms with Gasteiger partial charge in [-0.25, -0.2) is 0 Å². The van der Waals surface area contributed by atoms with E-state index in [9.17, 15) is 18.3 Å². The summed E-state index contributed by atoms with van der Waals surface area (Å²) in [6.45, 7) is 2.16. The van der Waals surface area contributed by atoms with Crippen LogP contribution in [0.1, 0.15) is 54.9 Å². The van der Waals surface area contributed by atoms with E-state index < -0.39 is 21.3 Å². The molecule has 1 rings (SSSR count). The minimum absolute atomic E-state index is 0.0647. The average Bonchev–Trinajstić information content (AvgIpc) is 2.45. The number of rotatable bonds is 9. The molecule has 0 saturated heterocycles. The van der Waals surface area contributed by atoms with Crippen LogP contribution in [0.5, 0.6) is 0 Å². The van der Waals surface area contributed by atoms with Crippen molar-refractivity contribution in [3.63, 3.8) is 0 Å². The number of hydrogen-bond donors (Lipinski definition) is 2. The molecule has 1 unspecified atom stereocenters. The van der Waals surface area contributed by atoms with Gasteiger partial charge in [0, 0.05) is 5.56 Å². The highest BCUT2D eigenvalue weighted by molar-refractivity contribution is 7.87. The van der Waals surface area contributed by atoms with Crippen molar-refractivity contribution in [3.05, 3.63) is 35.4 Å². The molecule has 6 heteroatoms. The monoisotopic (exact) mass is 314 g/mol. The molecule has 1 aromatic carbocycles. The molecule has 0 aliphatic carbocycles. The Morgan fingerprint density at radius 2 is 1.67 bits per heavy atom. The maximum absolute atomic E-state index is 11.6. The summed E-state index contributed by atoms with van der Waals surface area (Å²) in [6, 6.07) is 6.42. The van der Waals surface area contributed by atoms with Crippen LogP contribution in [0, 0.1) is 0 Å². The lowest BCUT2D eigenvalue weighted by Gasteiger charge is -2.07. The molecular weight excluding hydrogens is 292 g/mol. The molecule has 2 N–H and O–H groups in total. The fraction of sp³-hybridized carbons (Fsp3) is 0.533. The van der Waals surface area contributed by atoms with Crippen LogP contribution in [0.3, 0.4) is 0 Å². The van der Waals surface area contributed by atoms with Gasteiger partial charge in [0.1, 0.15) is 0 Å². The predicted molar refractivity (Wildman–Crippen MR) is 80.8 cm³/mol. The van der Waals surface area contributed by atoms with Gasteiger partial charge in [0.25, 0.3) is 10.1 Å². The lowest BCUT2D eigenvalue weighted by atomic mass is 10.0. The lowest BCUT2D eigenvalue weighted by Crippen LogP contribution is -2.29. The van der Waals surface area contributed by atoms with Crippen LogP contribution in [-0.4, -0.2) is 29.3 Å². The molecule has 0 aromatic heterocycles. The second-order valence-electron chi connectivity index (χ2n) is 5.09. The van der Waals surface area contributed by atoms with Gasteiger partial charge in [-0.15, -0.1) is 0 Å². The van der Waals surface area contributed by atoms with Gasteiger partial charge in [-0.05, 0) is 18.4 Å². The third kappa shape index (κ3) is 5.95. The Morgan fingerprint density at radius 3 is 2.19 bits per heavy atom. The number of carbonyl (C=O) groups excluding carboxylic acids is 1. The van der Waals surface area contributed by atoms with E-state index in [1.165, 1.54) is 31.4 Å². The Bertz CT molecular complexity index is 548. The smallest absolute Gasteiger partial charge is 0.299 e. The molecule has 0 radical (unpaired) electrons. The molecular formula is C15H22O5S.